The fraction of sp³-hybridized carbons (Fsp3) is 0.500. The minimum atomic E-state index is -0.360. The molecule has 0 saturated carbocycles. The first-order chi connectivity index (χ1) is 7.54. The van der Waals surface area contributed by atoms with Crippen LogP contribution in [0, 0.1) is 5.82 Å². The third kappa shape index (κ3) is 1.90. The summed E-state index contributed by atoms with van der Waals surface area (Å²) < 4.78 is 18.5. The molecule has 1 aromatic rings. The number of ether oxygens (including phenoxy) is 1. The summed E-state index contributed by atoms with van der Waals surface area (Å²) in [7, 11) is 1.59. The highest BCUT2D eigenvalue weighted by Crippen LogP contribution is 2.35. The molecule has 2 rings (SSSR count). The first kappa shape index (κ1) is 11.4. The molecule has 0 aromatic heterocycles. The molecule has 0 amide bonds. The lowest BCUT2D eigenvalue weighted by atomic mass is 9.84. The number of methoxy groups -OCH3 is 1. The van der Waals surface area contributed by atoms with E-state index in [4.69, 9.17) is 10.5 Å². The van der Waals surface area contributed by atoms with Crippen LogP contribution in [0.2, 0.25) is 0 Å². The van der Waals surface area contributed by atoms with Crippen molar-refractivity contribution in [1.82, 2.24) is 5.32 Å². The molecule has 0 bridgehead atoms. The van der Waals surface area contributed by atoms with Gasteiger partial charge in [-0.05, 0) is 25.1 Å². The average Bonchev–Trinajstić information content (AvgIpc) is 2.58. The molecule has 0 spiro atoms. The van der Waals surface area contributed by atoms with Crippen molar-refractivity contribution in [2.45, 2.75) is 18.4 Å². The van der Waals surface area contributed by atoms with Crippen molar-refractivity contribution in [3.05, 3.63) is 29.6 Å². The fourth-order valence-electron chi connectivity index (χ4n) is 2.28. The van der Waals surface area contributed by atoms with Crippen LogP contribution in [0.4, 0.5) is 4.39 Å². The SMILES string of the molecule is COc1ccc(F)cc1[C@H]1CNC[C@]1(C)N. The molecule has 3 nitrogen and oxygen atoms in total. The van der Waals surface area contributed by atoms with Crippen molar-refractivity contribution < 1.29 is 9.13 Å². The second-order valence-corrected chi connectivity index (χ2v) is 4.58. The summed E-state index contributed by atoms with van der Waals surface area (Å²) in [5.41, 5.74) is 6.67. The predicted octanol–water partition coefficient (Wildman–Crippen LogP) is 1.24. The van der Waals surface area contributed by atoms with Crippen molar-refractivity contribution in [1.29, 1.82) is 0 Å². The maximum Gasteiger partial charge on any atom is 0.123 e. The lowest BCUT2D eigenvalue weighted by Crippen LogP contribution is -2.43. The summed E-state index contributed by atoms with van der Waals surface area (Å²) in [6, 6.07) is 4.57. The van der Waals surface area contributed by atoms with Gasteiger partial charge < -0.3 is 15.8 Å². The van der Waals surface area contributed by atoms with Gasteiger partial charge in [0.25, 0.3) is 0 Å². The zero-order valence-corrected chi connectivity index (χ0v) is 9.59. The molecule has 1 aromatic carbocycles. The summed E-state index contributed by atoms with van der Waals surface area (Å²) in [4.78, 5) is 0. The number of rotatable bonds is 2. The standard InChI is InChI=1S/C12H17FN2O/c1-12(14)7-15-6-10(12)9-5-8(13)3-4-11(9)16-2/h3-5,10,15H,6-7,14H2,1-2H3/t10-,12+/m1/s1. The first-order valence-corrected chi connectivity index (χ1v) is 5.37. The summed E-state index contributed by atoms with van der Waals surface area (Å²) in [6.45, 7) is 3.46. The van der Waals surface area contributed by atoms with Crippen molar-refractivity contribution in [3.8, 4) is 5.75 Å². The lowest BCUT2D eigenvalue weighted by Gasteiger charge is -2.27. The Bertz CT molecular complexity index is 393. The Kier molecular flexibility index (Phi) is 2.86. The third-order valence-corrected chi connectivity index (χ3v) is 3.22. The van der Waals surface area contributed by atoms with Gasteiger partial charge in [-0.2, -0.15) is 0 Å². The van der Waals surface area contributed by atoms with E-state index >= 15 is 0 Å². The largest absolute Gasteiger partial charge is 0.496 e. The zero-order chi connectivity index (χ0) is 11.8. The van der Waals surface area contributed by atoms with Crippen molar-refractivity contribution in [2.75, 3.05) is 20.2 Å². The van der Waals surface area contributed by atoms with Gasteiger partial charge in [0, 0.05) is 30.1 Å². The Labute approximate surface area is 94.8 Å². The van der Waals surface area contributed by atoms with Crippen molar-refractivity contribution >= 4 is 0 Å². The average molecular weight is 224 g/mol. The van der Waals surface area contributed by atoms with E-state index in [1.807, 2.05) is 6.92 Å². The maximum absolute atomic E-state index is 13.3. The van der Waals surface area contributed by atoms with E-state index in [1.54, 1.807) is 13.2 Å². The minimum Gasteiger partial charge on any atom is -0.496 e. The minimum absolute atomic E-state index is 0.0816. The Balaban J connectivity index is 2.42. The van der Waals surface area contributed by atoms with E-state index in [0.29, 0.717) is 5.75 Å². The van der Waals surface area contributed by atoms with E-state index in [0.717, 1.165) is 18.7 Å². The van der Waals surface area contributed by atoms with E-state index < -0.39 is 0 Å². The van der Waals surface area contributed by atoms with Crippen LogP contribution in [-0.2, 0) is 0 Å². The number of nitrogens with one attached hydrogen (secondary N) is 1. The number of benzene rings is 1. The smallest absolute Gasteiger partial charge is 0.123 e. The van der Waals surface area contributed by atoms with Crippen LogP contribution in [0.1, 0.15) is 18.4 Å². The summed E-state index contributed by atoms with van der Waals surface area (Å²) in [6.07, 6.45) is 0. The van der Waals surface area contributed by atoms with Crippen LogP contribution in [0.5, 0.6) is 5.75 Å². The van der Waals surface area contributed by atoms with Gasteiger partial charge in [-0.3, -0.25) is 0 Å². The van der Waals surface area contributed by atoms with Crippen LogP contribution in [0.15, 0.2) is 18.2 Å². The van der Waals surface area contributed by atoms with E-state index in [9.17, 15) is 4.39 Å². The molecule has 2 atom stereocenters. The Morgan fingerprint density at radius 3 is 2.88 bits per heavy atom. The van der Waals surface area contributed by atoms with Gasteiger partial charge in [-0.25, -0.2) is 4.39 Å². The van der Waals surface area contributed by atoms with Gasteiger partial charge in [0.05, 0.1) is 7.11 Å². The van der Waals surface area contributed by atoms with Gasteiger partial charge in [-0.15, -0.1) is 0 Å². The fourth-order valence-corrected chi connectivity index (χ4v) is 2.28. The summed E-state index contributed by atoms with van der Waals surface area (Å²) in [5.74, 6) is 0.531. The maximum atomic E-state index is 13.3. The van der Waals surface area contributed by atoms with Crippen molar-refractivity contribution in [3.63, 3.8) is 0 Å². The molecular weight excluding hydrogens is 207 g/mol. The Hall–Kier alpha value is -1.13. The molecule has 16 heavy (non-hydrogen) atoms. The van der Waals surface area contributed by atoms with Gasteiger partial charge in [-0.1, -0.05) is 0 Å². The second kappa shape index (κ2) is 4.03. The zero-order valence-electron chi connectivity index (χ0n) is 9.59. The van der Waals surface area contributed by atoms with Crippen molar-refractivity contribution in [2.24, 2.45) is 5.73 Å². The number of hydrogen-bond acceptors (Lipinski definition) is 3. The van der Waals surface area contributed by atoms with Crippen LogP contribution in [0.25, 0.3) is 0 Å². The molecule has 1 fully saturated rings. The van der Waals surface area contributed by atoms with Crippen LogP contribution in [0.3, 0.4) is 0 Å². The normalized spacial score (nSPS) is 29.4. The van der Waals surface area contributed by atoms with Gasteiger partial charge in [0.1, 0.15) is 11.6 Å². The molecule has 1 heterocycles. The number of hydrogen-bond donors (Lipinski definition) is 2. The molecule has 0 radical (unpaired) electrons. The Morgan fingerprint density at radius 1 is 1.56 bits per heavy atom. The van der Waals surface area contributed by atoms with E-state index in [2.05, 4.69) is 5.32 Å². The topological polar surface area (TPSA) is 47.3 Å². The van der Waals surface area contributed by atoms with Crippen LogP contribution in [-0.4, -0.2) is 25.7 Å². The molecule has 1 aliphatic heterocycles. The molecule has 4 heteroatoms. The molecule has 1 saturated heterocycles. The number of halogens is 1. The third-order valence-electron chi connectivity index (χ3n) is 3.22. The predicted molar refractivity (Wildman–Crippen MR) is 61.2 cm³/mol. The highest BCUT2D eigenvalue weighted by atomic mass is 19.1. The van der Waals surface area contributed by atoms with Gasteiger partial charge in [0.15, 0.2) is 0 Å². The molecule has 1 aliphatic rings. The quantitative estimate of drug-likeness (QED) is 0.794. The molecule has 0 unspecified atom stereocenters. The van der Waals surface area contributed by atoms with Crippen LogP contribution < -0.4 is 15.8 Å². The summed E-state index contributed by atoms with van der Waals surface area (Å²) >= 11 is 0. The Morgan fingerprint density at radius 2 is 2.31 bits per heavy atom. The van der Waals surface area contributed by atoms with E-state index in [1.165, 1.54) is 12.1 Å². The molecule has 0 aliphatic carbocycles. The molecular formula is C12H17FN2O. The molecule has 3 N–H and O–H groups in total. The summed E-state index contributed by atoms with van der Waals surface area (Å²) in [5, 5.41) is 3.23. The highest BCUT2D eigenvalue weighted by molar-refractivity contribution is 5.40. The number of nitrogens with two attached hydrogens (primary N) is 1. The van der Waals surface area contributed by atoms with Crippen LogP contribution >= 0.6 is 0 Å². The highest BCUT2D eigenvalue weighted by Gasteiger charge is 2.37. The monoisotopic (exact) mass is 224 g/mol. The molecule has 88 valence electrons. The van der Waals surface area contributed by atoms with Gasteiger partial charge in [0.2, 0.25) is 0 Å². The van der Waals surface area contributed by atoms with E-state index in [-0.39, 0.29) is 17.3 Å². The second-order valence-electron chi connectivity index (χ2n) is 4.58. The lowest BCUT2D eigenvalue weighted by molar-refractivity contribution is 0.390. The first-order valence-electron chi connectivity index (χ1n) is 5.37. The van der Waals surface area contributed by atoms with Gasteiger partial charge >= 0.3 is 0 Å².